The summed E-state index contributed by atoms with van der Waals surface area (Å²) in [6, 6.07) is 0. The molecule has 1 fully saturated rings. The minimum absolute atomic E-state index is 0.0116. The van der Waals surface area contributed by atoms with E-state index < -0.39 is 0 Å². The van der Waals surface area contributed by atoms with E-state index in [1.54, 1.807) is 6.92 Å². The number of ketones is 1. The van der Waals surface area contributed by atoms with Crippen LogP contribution in [0.3, 0.4) is 0 Å². The summed E-state index contributed by atoms with van der Waals surface area (Å²) in [6.07, 6.45) is 2.35. The summed E-state index contributed by atoms with van der Waals surface area (Å²) in [6.45, 7) is 12.3. The van der Waals surface area contributed by atoms with Crippen LogP contribution < -0.4 is 0 Å². The van der Waals surface area contributed by atoms with Crippen LogP contribution in [-0.2, 0) is 9.53 Å². The molecule has 2 heteroatoms. The zero-order valence-corrected chi connectivity index (χ0v) is 10.9. The quantitative estimate of drug-likeness (QED) is 0.702. The lowest BCUT2D eigenvalue weighted by Crippen LogP contribution is -2.50. The molecule has 1 aliphatic heterocycles. The molecule has 0 aromatic rings. The van der Waals surface area contributed by atoms with Crippen LogP contribution in [0.25, 0.3) is 0 Å². The van der Waals surface area contributed by atoms with Crippen molar-refractivity contribution in [3.63, 3.8) is 0 Å². The van der Waals surface area contributed by atoms with E-state index in [1.807, 2.05) is 6.92 Å². The van der Waals surface area contributed by atoms with Crippen LogP contribution in [0.5, 0.6) is 0 Å². The first kappa shape index (κ1) is 12.7. The van der Waals surface area contributed by atoms with Gasteiger partial charge in [-0.1, -0.05) is 27.7 Å². The van der Waals surface area contributed by atoms with Gasteiger partial charge in [0.25, 0.3) is 0 Å². The monoisotopic (exact) mass is 212 g/mol. The molecule has 15 heavy (non-hydrogen) atoms. The van der Waals surface area contributed by atoms with Gasteiger partial charge < -0.3 is 4.74 Å². The summed E-state index contributed by atoms with van der Waals surface area (Å²) in [5, 5.41) is 0. The Morgan fingerprint density at radius 1 is 1.47 bits per heavy atom. The minimum Gasteiger partial charge on any atom is -0.371 e. The molecule has 88 valence electrons. The second kappa shape index (κ2) is 3.89. The van der Waals surface area contributed by atoms with Crippen LogP contribution in [0.2, 0.25) is 0 Å². The second-order valence-corrected chi connectivity index (χ2v) is 5.94. The van der Waals surface area contributed by atoms with Crippen LogP contribution in [0.15, 0.2) is 0 Å². The molecule has 0 saturated carbocycles. The fraction of sp³-hybridized carbons (Fsp3) is 0.923. The molecule has 3 atom stereocenters. The summed E-state index contributed by atoms with van der Waals surface area (Å²) in [5.74, 6) is 0.224. The Kier molecular flexibility index (Phi) is 3.30. The molecule has 2 nitrogen and oxygen atoms in total. The van der Waals surface area contributed by atoms with Crippen molar-refractivity contribution in [1.29, 1.82) is 0 Å². The summed E-state index contributed by atoms with van der Waals surface area (Å²) >= 11 is 0. The third-order valence-electron chi connectivity index (χ3n) is 3.91. The molecule has 0 N–H and O–H groups in total. The average Bonchev–Trinajstić information content (AvgIpc) is 2.46. The molecule has 0 spiro atoms. The van der Waals surface area contributed by atoms with Gasteiger partial charge in [0.2, 0.25) is 0 Å². The summed E-state index contributed by atoms with van der Waals surface area (Å²) in [5.41, 5.74) is -0.249. The Morgan fingerprint density at radius 2 is 2.00 bits per heavy atom. The van der Waals surface area contributed by atoms with Gasteiger partial charge in [-0.25, -0.2) is 0 Å². The maximum atomic E-state index is 11.6. The molecule has 0 bridgehead atoms. The predicted octanol–water partition coefficient (Wildman–Crippen LogP) is 3.20. The van der Waals surface area contributed by atoms with Gasteiger partial charge in [0, 0.05) is 5.92 Å². The lowest BCUT2D eigenvalue weighted by atomic mass is 9.67. The largest absolute Gasteiger partial charge is 0.371 e. The van der Waals surface area contributed by atoms with Gasteiger partial charge in [-0.15, -0.1) is 0 Å². The lowest BCUT2D eigenvalue weighted by Gasteiger charge is -2.45. The fourth-order valence-electron chi connectivity index (χ4n) is 2.74. The third-order valence-corrected chi connectivity index (χ3v) is 3.91. The molecule has 1 saturated heterocycles. The molecule has 0 aromatic heterocycles. The van der Waals surface area contributed by atoms with E-state index in [4.69, 9.17) is 4.74 Å². The number of rotatable bonds is 2. The average molecular weight is 212 g/mol. The Balaban J connectivity index is 3.03. The molecule has 1 aliphatic rings. The summed E-state index contributed by atoms with van der Waals surface area (Å²) < 4.78 is 6.12. The number of Topliss-reactive ketones (excluding diaryl/α,β-unsaturated/α-hetero) is 1. The Morgan fingerprint density at radius 3 is 2.27 bits per heavy atom. The molecule has 0 radical (unpaired) electrons. The van der Waals surface area contributed by atoms with E-state index in [-0.39, 0.29) is 28.8 Å². The van der Waals surface area contributed by atoms with Crippen LogP contribution in [-0.4, -0.2) is 17.5 Å². The SMILES string of the molecule is CC(=O)[C@H](C)[C@@]1(C(C)(C)C)CC[C@H](C)O1. The van der Waals surface area contributed by atoms with Crippen molar-refractivity contribution in [3.05, 3.63) is 0 Å². The van der Waals surface area contributed by atoms with Crippen molar-refractivity contribution < 1.29 is 9.53 Å². The Bertz CT molecular complexity index is 252. The number of carbonyl (C=O) groups excluding carboxylic acids is 1. The van der Waals surface area contributed by atoms with Crippen molar-refractivity contribution in [2.45, 2.75) is 66.1 Å². The third kappa shape index (κ3) is 2.10. The van der Waals surface area contributed by atoms with Gasteiger partial charge >= 0.3 is 0 Å². The van der Waals surface area contributed by atoms with Crippen LogP contribution >= 0.6 is 0 Å². The lowest BCUT2D eigenvalue weighted by molar-refractivity contribution is -0.155. The minimum atomic E-state index is -0.266. The van der Waals surface area contributed by atoms with Crippen LogP contribution in [0, 0.1) is 11.3 Å². The predicted molar refractivity (Wildman–Crippen MR) is 61.8 cm³/mol. The molecule has 1 heterocycles. The standard InChI is InChI=1S/C13H24O2/c1-9-7-8-13(15-9,12(4,5)6)10(2)11(3)14/h9-10H,7-8H2,1-6H3/t9-,10-,13+/m0/s1. The molecular weight excluding hydrogens is 188 g/mol. The van der Waals surface area contributed by atoms with Gasteiger partial charge in [0.1, 0.15) is 5.78 Å². The Labute approximate surface area is 93.4 Å². The van der Waals surface area contributed by atoms with Gasteiger partial charge in [-0.05, 0) is 32.1 Å². The zero-order chi connectivity index (χ0) is 11.9. The highest BCUT2D eigenvalue weighted by molar-refractivity contribution is 5.79. The van der Waals surface area contributed by atoms with E-state index in [9.17, 15) is 4.79 Å². The number of hydrogen-bond donors (Lipinski definition) is 0. The van der Waals surface area contributed by atoms with Crippen LogP contribution in [0.4, 0.5) is 0 Å². The fourth-order valence-corrected chi connectivity index (χ4v) is 2.74. The smallest absolute Gasteiger partial charge is 0.135 e. The van der Waals surface area contributed by atoms with Gasteiger partial charge in [0.15, 0.2) is 0 Å². The topological polar surface area (TPSA) is 26.3 Å². The van der Waals surface area contributed by atoms with Crippen molar-refractivity contribution in [2.75, 3.05) is 0 Å². The van der Waals surface area contributed by atoms with Gasteiger partial charge in [-0.2, -0.15) is 0 Å². The van der Waals surface area contributed by atoms with E-state index in [0.717, 1.165) is 12.8 Å². The zero-order valence-electron chi connectivity index (χ0n) is 10.9. The normalized spacial score (nSPS) is 34.1. The molecule has 0 unspecified atom stereocenters. The number of hydrogen-bond acceptors (Lipinski definition) is 2. The highest BCUT2D eigenvalue weighted by atomic mass is 16.5. The second-order valence-electron chi connectivity index (χ2n) is 5.94. The maximum Gasteiger partial charge on any atom is 0.135 e. The van der Waals surface area contributed by atoms with Crippen molar-refractivity contribution in [2.24, 2.45) is 11.3 Å². The van der Waals surface area contributed by atoms with E-state index in [1.165, 1.54) is 0 Å². The molecular formula is C13H24O2. The van der Waals surface area contributed by atoms with E-state index in [0.29, 0.717) is 0 Å². The van der Waals surface area contributed by atoms with Crippen molar-refractivity contribution >= 4 is 5.78 Å². The first-order valence-electron chi connectivity index (χ1n) is 5.89. The van der Waals surface area contributed by atoms with E-state index >= 15 is 0 Å². The molecule has 0 aliphatic carbocycles. The number of carbonyl (C=O) groups is 1. The van der Waals surface area contributed by atoms with Crippen LogP contribution in [0.1, 0.15) is 54.4 Å². The number of ether oxygens (including phenoxy) is 1. The molecule has 0 amide bonds. The first-order chi connectivity index (χ1) is 6.71. The highest BCUT2D eigenvalue weighted by Crippen LogP contribution is 2.48. The van der Waals surface area contributed by atoms with E-state index in [2.05, 4.69) is 27.7 Å². The van der Waals surface area contributed by atoms with Gasteiger partial charge in [0.05, 0.1) is 11.7 Å². The summed E-state index contributed by atoms with van der Waals surface area (Å²) in [4.78, 5) is 11.6. The van der Waals surface area contributed by atoms with Crippen molar-refractivity contribution in [3.8, 4) is 0 Å². The van der Waals surface area contributed by atoms with Crippen molar-refractivity contribution in [1.82, 2.24) is 0 Å². The molecule has 1 rings (SSSR count). The van der Waals surface area contributed by atoms with Gasteiger partial charge in [-0.3, -0.25) is 4.79 Å². The first-order valence-corrected chi connectivity index (χ1v) is 5.89. The highest BCUT2D eigenvalue weighted by Gasteiger charge is 2.52. The molecule has 0 aromatic carbocycles. The summed E-state index contributed by atoms with van der Waals surface area (Å²) in [7, 11) is 0. The Hall–Kier alpha value is -0.370. The maximum absolute atomic E-state index is 11.6.